The maximum Gasteiger partial charge on any atom is 0.405 e. The van der Waals surface area contributed by atoms with Crippen molar-refractivity contribution in [1.29, 1.82) is 0 Å². The summed E-state index contributed by atoms with van der Waals surface area (Å²) >= 11 is 7.28. The Morgan fingerprint density at radius 1 is 1.42 bits per heavy atom. The van der Waals surface area contributed by atoms with Crippen molar-refractivity contribution in [2.75, 3.05) is 12.5 Å². The Kier molecular flexibility index (Phi) is 5.58. The van der Waals surface area contributed by atoms with E-state index < -0.39 is 6.09 Å². The number of halogens is 1. The summed E-state index contributed by atoms with van der Waals surface area (Å²) in [5.41, 5.74) is 1.90. The molecule has 1 heterocycles. The standard InChI is InChI=1S/C17H19ClN2O3S/c18-9-2-10-23-12-7-5-11(6-8-12)16-20-15-13(19-17(21)22)3-1-4-14(15)24-16/h5-8,13,19H,1-4,9-10H2,(H,21,22). The van der Waals surface area contributed by atoms with E-state index in [-0.39, 0.29) is 6.04 Å². The van der Waals surface area contributed by atoms with Crippen LogP contribution in [0.1, 0.15) is 35.9 Å². The lowest BCUT2D eigenvalue weighted by atomic mass is 9.98. The van der Waals surface area contributed by atoms with Gasteiger partial charge in [-0.25, -0.2) is 9.78 Å². The second-order valence-electron chi connectivity index (χ2n) is 5.64. The normalized spacial score (nSPS) is 16.5. The van der Waals surface area contributed by atoms with E-state index in [4.69, 9.17) is 26.4 Å². The molecule has 7 heteroatoms. The van der Waals surface area contributed by atoms with Crippen LogP contribution < -0.4 is 10.1 Å². The highest BCUT2D eigenvalue weighted by molar-refractivity contribution is 7.15. The van der Waals surface area contributed by atoms with Crippen LogP contribution in [0.2, 0.25) is 0 Å². The molecule has 1 aliphatic rings. The number of carbonyl (C=O) groups is 1. The molecule has 1 aromatic heterocycles. The fourth-order valence-corrected chi connectivity index (χ4v) is 4.05. The van der Waals surface area contributed by atoms with Gasteiger partial charge in [0, 0.05) is 16.3 Å². The zero-order valence-electron chi connectivity index (χ0n) is 13.1. The van der Waals surface area contributed by atoms with Gasteiger partial charge in [0.05, 0.1) is 18.3 Å². The van der Waals surface area contributed by atoms with Gasteiger partial charge in [0.25, 0.3) is 0 Å². The highest BCUT2D eigenvalue weighted by Gasteiger charge is 2.26. The van der Waals surface area contributed by atoms with E-state index in [0.717, 1.165) is 47.7 Å². The summed E-state index contributed by atoms with van der Waals surface area (Å²) in [6.45, 7) is 0.608. The van der Waals surface area contributed by atoms with E-state index in [2.05, 4.69) is 5.32 Å². The third-order valence-corrected chi connectivity index (χ3v) is 5.35. The number of nitrogens with zero attached hydrogens (tertiary/aromatic N) is 1. The Morgan fingerprint density at radius 2 is 2.21 bits per heavy atom. The molecule has 2 aromatic rings. The molecule has 0 bridgehead atoms. The summed E-state index contributed by atoms with van der Waals surface area (Å²) in [6.07, 6.45) is 2.56. The van der Waals surface area contributed by atoms with Gasteiger partial charge in [-0.2, -0.15) is 0 Å². The monoisotopic (exact) mass is 366 g/mol. The van der Waals surface area contributed by atoms with Crippen molar-refractivity contribution in [3.8, 4) is 16.3 Å². The Labute approximate surface area is 149 Å². The fourth-order valence-electron chi connectivity index (χ4n) is 2.77. The number of ether oxygens (including phenoxy) is 1. The van der Waals surface area contributed by atoms with Crippen molar-refractivity contribution >= 4 is 29.0 Å². The van der Waals surface area contributed by atoms with E-state index in [1.807, 2.05) is 24.3 Å². The van der Waals surface area contributed by atoms with Gasteiger partial charge < -0.3 is 15.2 Å². The number of amides is 1. The van der Waals surface area contributed by atoms with Crippen LogP contribution in [-0.2, 0) is 6.42 Å². The van der Waals surface area contributed by atoms with Gasteiger partial charge in [-0.1, -0.05) is 0 Å². The quantitative estimate of drug-likeness (QED) is 0.584. The summed E-state index contributed by atoms with van der Waals surface area (Å²) in [6, 6.07) is 7.63. The Bertz CT molecular complexity index is 702. The van der Waals surface area contributed by atoms with Gasteiger partial charge in [-0.15, -0.1) is 22.9 Å². The van der Waals surface area contributed by atoms with Crippen LogP contribution in [0.25, 0.3) is 10.6 Å². The molecule has 1 unspecified atom stereocenters. The summed E-state index contributed by atoms with van der Waals surface area (Å²) in [7, 11) is 0. The lowest BCUT2D eigenvalue weighted by molar-refractivity contribution is 0.188. The number of alkyl halides is 1. The number of benzene rings is 1. The Balaban J connectivity index is 1.76. The van der Waals surface area contributed by atoms with Crippen LogP contribution in [0, 0.1) is 0 Å². The first-order valence-electron chi connectivity index (χ1n) is 7.95. The number of nitrogens with one attached hydrogen (secondary N) is 1. The first-order chi connectivity index (χ1) is 11.7. The third-order valence-electron chi connectivity index (χ3n) is 3.90. The third kappa shape index (κ3) is 3.99. The molecule has 1 amide bonds. The second kappa shape index (κ2) is 7.85. The number of rotatable bonds is 6. The van der Waals surface area contributed by atoms with E-state index in [1.54, 1.807) is 11.3 Å². The number of fused-ring (bicyclic) bond motifs is 1. The zero-order chi connectivity index (χ0) is 16.9. The predicted molar refractivity (Wildman–Crippen MR) is 95.2 cm³/mol. The van der Waals surface area contributed by atoms with Gasteiger partial charge in [-0.05, 0) is 49.9 Å². The van der Waals surface area contributed by atoms with Crippen molar-refractivity contribution in [1.82, 2.24) is 10.3 Å². The number of aromatic nitrogens is 1. The molecule has 0 spiro atoms. The number of thiazole rings is 1. The molecule has 0 saturated heterocycles. The molecule has 1 aromatic carbocycles. The highest BCUT2D eigenvalue weighted by Crippen LogP contribution is 2.37. The molecule has 128 valence electrons. The highest BCUT2D eigenvalue weighted by atomic mass is 35.5. The minimum atomic E-state index is -0.999. The van der Waals surface area contributed by atoms with Gasteiger partial charge in [-0.3, -0.25) is 0 Å². The summed E-state index contributed by atoms with van der Waals surface area (Å²) in [4.78, 5) is 16.8. The molecule has 24 heavy (non-hydrogen) atoms. The van der Waals surface area contributed by atoms with Gasteiger partial charge in [0.15, 0.2) is 0 Å². The minimum Gasteiger partial charge on any atom is -0.494 e. The SMILES string of the molecule is O=C(O)NC1CCCc2sc(-c3ccc(OCCCCl)cc3)nc21. The van der Waals surface area contributed by atoms with Crippen LogP contribution in [-0.4, -0.2) is 28.7 Å². The van der Waals surface area contributed by atoms with Gasteiger partial charge in [0.2, 0.25) is 0 Å². The van der Waals surface area contributed by atoms with Crippen molar-refractivity contribution in [2.45, 2.75) is 31.7 Å². The molecular formula is C17H19ClN2O3S. The minimum absolute atomic E-state index is 0.200. The fraction of sp³-hybridized carbons (Fsp3) is 0.412. The van der Waals surface area contributed by atoms with E-state index >= 15 is 0 Å². The van der Waals surface area contributed by atoms with E-state index in [1.165, 1.54) is 4.88 Å². The maximum atomic E-state index is 10.9. The van der Waals surface area contributed by atoms with Crippen molar-refractivity contribution < 1.29 is 14.6 Å². The molecule has 5 nitrogen and oxygen atoms in total. The number of hydrogen-bond donors (Lipinski definition) is 2. The molecule has 1 atom stereocenters. The van der Waals surface area contributed by atoms with Gasteiger partial charge in [0.1, 0.15) is 10.8 Å². The summed E-state index contributed by atoms with van der Waals surface area (Å²) in [5.74, 6) is 1.41. The average Bonchev–Trinajstić information content (AvgIpc) is 3.00. The smallest absolute Gasteiger partial charge is 0.405 e. The molecule has 0 fully saturated rings. The van der Waals surface area contributed by atoms with Crippen LogP contribution >= 0.6 is 22.9 Å². The lowest BCUT2D eigenvalue weighted by Crippen LogP contribution is -2.29. The van der Waals surface area contributed by atoms with E-state index in [0.29, 0.717) is 12.5 Å². The summed E-state index contributed by atoms with van der Waals surface area (Å²) in [5, 5.41) is 12.5. The summed E-state index contributed by atoms with van der Waals surface area (Å²) < 4.78 is 5.60. The maximum absolute atomic E-state index is 10.9. The predicted octanol–water partition coefficient (Wildman–Crippen LogP) is 4.46. The van der Waals surface area contributed by atoms with Crippen molar-refractivity contribution in [3.05, 3.63) is 34.8 Å². The van der Waals surface area contributed by atoms with Crippen LogP contribution in [0.5, 0.6) is 5.75 Å². The van der Waals surface area contributed by atoms with Crippen molar-refractivity contribution in [3.63, 3.8) is 0 Å². The van der Waals surface area contributed by atoms with Crippen LogP contribution in [0.4, 0.5) is 4.79 Å². The average molecular weight is 367 g/mol. The molecule has 3 rings (SSSR count). The Hall–Kier alpha value is -1.79. The molecule has 2 N–H and O–H groups in total. The van der Waals surface area contributed by atoms with Crippen LogP contribution in [0.3, 0.4) is 0 Å². The molecule has 1 aliphatic carbocycles. The lowest BCUT2D eigenvalue weighted by Gasteiger charge is -2.20. The first kappa shape index (κ1) is 17.0. The topological polar surface area (TPSA) is 71.5 Å². The van der Waals surface area contributed by atoms with Crippen LogP contribution in [0.15, 0.2) is 24.3 Å². The number of carboxylic acid groups (broad SMARTS) is 1. The van der Waals surface area contributed by atoms with Gasteiger partial charge >= 0.3 is 6.09 Å². The molecule has 0 saturated carbocycles. The zero-order valence-corrected chi connectivity index (χ0v) is 14.7. The Morgan fingerprint density at radius 3 is 2.92 bits per heavy atom. The molecule has 0 radical (unpaired) electrons. The molecule has 0 aliphatic heterocycles. The van der Waals surface area contributed by atoms with E-state index in [9.17, 15) is 4.79 Å². The number of hydrogen-bond acceptors (Lipinski definition) is 4. The number of aryl methyl sites for hydroxylation is 1. The first-order valence-corrected chi connectivity index (χ1v) is 9.30. The second-order valence-corrected chi connectivity index (χ2v) is 7.10. The van der Waals surface area contributed by atoms with Crippen molar-refractivity contribution in [2.24, 2.45) is 0 Å². The largest absolute Gasteiger partial charge is 0.494 e. The molecular weight excluding hydrogens is 348 g/mol.